The average molecular weight is 887 g/mol. The number of hydrogen-bond donors (Lipinski definition) is 2. The molecule has 2 atom stereocenters. The SMILES string of the molecule is C[C@@H]1CN(CCOC2CCC(N3C(=S)N(c4ccc(C#N)c(C(F)(F)F)c4)C(=O)C3(C)C)CC2)C[C@H](C)N1CC(=O)Nc1cccc2c(N3CCC(=O)NC3=O)nn(C)c12.Cl. The van der Waals surface area contributed by atoms with Crippen LogP contribution in [0.4, 0.5) is 35.2 Å². The maximum absolute atomic E-state index is 13.8. The summed E-state index contributed by atoms with van der Waals surface area (Å²) in [6, 6.07) is 9.79. The molecule has 1 aromatic heterocycles. The van der Waals surface area contributed by atoms with Crippen LogP contribution in [-0.2, 0) is 32.3 Å². The van der Waals surface area contributed by atoms with E-state index >= 15 is 0 Å². The minimum Gasteiger partial charge on any atom is -0.377 e. The number of urea groups is 1. The molecular weight excluding hydrogens is 837 g/mol. The van der Waals surface area contributed by atoms with Crippen molar-refractivity contribution in [3.05, 3.63) is 47.5 Å². The predicted molar refractivity (Wildman–Crippen MR) is 228 cm³/mol. The smallest absolute Gasteiger partial charge is 0.377 e. The number of aryl methyl sites for hydroxylation is 1. The fourth-order valence-corrected chi connectivity index (χ4v) is 9.74. The van der Waals surface area contributed by atoms with Crippen LogP contribution >= 0.6 is 24.6 Å². The number of ether oxygens (including phenoxy) is 1. The molecule has 1 saturated carbocycles. The molecule has 0 spiro atoms. The van der Waals surface area contributed by atoms with Crippen molar-refractivity contribution in [2.24, 2.45) is 7.05 Å². The number of thiocarbonyl (C=S) groups is 1. The molecule has 61 heavy (non-hydrogen) atoms. The highest BCUT2D eigenvalue weighted by molar-refractivity contribution is 7.80. The van der Waals surface area contributed by atoms with E-state index in [0.717, 1.165) is 49.5 Å². The molecule has 2 aromatic carbocycles. The lowest BCUT2D eigenvalue weighted by molar-refractivity contribution is -0.137. The summed E-state index contributed by atoms with van der Waals surface area (Å²) in [4.78, 5) is 60.3. The molecule has 4 aliphatic rings. The highest BCUT2D eigenvalue weighted by Gasteiger charge is 2.52. The molecule has 3 aromatic rings. The number of rotatable bonds is 10. The third-order valence-corrected chi connectivity index (χ3v) is 12.5. The van der Waals surface area contributed by atoms with Crippen molar-refractivity contribution in [3.8, 4) is 6.07 Å². The van der Waals surface area contributed by atoms with Crippen LogP contribution < -0.4 is 20.4 Å². The number of halogens is 4. The average Bonchev–Trinajstić information content (AvgIpc) is 3.61. The number of para-hydroxylation sites is 1. The van der Waals surface area contributed by atoms with E-state index < -0.39 is 34.8 Å². The molecule has 0 radical (unpaired) electrons. The summed E-state index contributed by atoms with van der Waals surface area (Å²) >= 11 is 5.75. The standard InChI is InChI=1S/C41H49F3N10O5S.ClH/c1-24-21-50(22-25(2)52(24)23-34(56)46-32-8-6-7-30-35(32)49(5)48-36(30)51-16-15-33(55)47-38(51)58)17-18-59-29-13-11-27(12-14-29)54-39(60)53(37(57)40(54,3)4)28-10-9-26(20-45)31(19-28)41(42,43)44;/h6-10,19,24-25,27,29H,11-18,21-23H2,1-5H3,(H,46,56)(H,47,55,58);1H/t24-,25+,27?,29?;. The third kappa shape index (κ3) is 9.05. The van der Waals surface area contributed by atoms with E-state index in [9.17, 15) is 37.6 Å². The van der Waals surface area contributed by atoms with Gasteiger partial charge in [-0.05, 0) is 95.9 Å². The Morgan fingerprint density at radius 3 is 2.41 bits per heavy atom. The largest absolute Gasteiger partial charge is 0.417 e. The van der Waals surface area contributed by atoms with Gasteiger partial charge in [-0.15, -0.1) is 12.4 Å². The van der Waals surface area contributed by atoms with E-state index in [0.29, 0.717) is 41.9 Å². The van der Waals surface area contributed by atoms with Gasteiger partial charge in [0.2, 0.25) is 11.8 Å². The fourth-order valence-electron chi connectivity index (χ4n) is 9.17. The number of nitriles is 1. The number of piperazine rings is 1. The molecule has 4 heterocycles. The van der Waals surface area contributed by atoms with Gasteiger partial charge in [0.05, 0.1) is 53.3 Å². The van der Waals surface area contributed by atoms with Gasteiger partial charge in [-0.25, -0.2) is 4.79 Å². The zero-order chi connectivity index (χ0) is 43.3. The van der Waals surface area contributed by atoms with Crippen molar-refractivity contribution < 1.29 is 37.1 Å². The van der Waals surface area contributed by atoms with E-state index in [1.165, 1.54) is 11.0 Å². The van der Waals surface area contributed by atoms with Crippen molar-refractivity contribution in [1.82, 2.24) is 29.8 Å². The lowest BCUT2D eigenvalue weighted by atomic mass is 9.89. The van der Waals surface area contributed by atoms with Gasteiger partial charge >= 0.3 is 12.2 Å². The molecule has 5 amide bonds. The first-order chi connectivity index (χ1) is 28.4. The quantitative estimate of drug-likeness (QED) is 0.251. The maximum Gasteiger partial charge on any atom is 0.417 e. The summed E-state index contributed by atoms with van der Waals surface area (Å²) in [5.74, 6) is -0.501. The van der Waals surface area contributed by atoms with Gasteiger partial charge in [0.25, 0.3) is 5.91 Å². The lowest BCUT2D eigenvalue weighted by Gasteiger charge is -2.44. The number of hydrogen-bond acceptors (Lipinski definition) is 10. The topological polar surface area (TPSA) is 159 Å². The van der Waals surface area contributed by atoms with Gasteiger partial charge in [-0.1, -0.05) is 6.07 Å². The molecule has 0 bridgehead atoms. The number of carbonyl (C=O) groups is 4. The Balaban J connectivity index is 0.00000622. The summed E-state index contributed by atoms with van der Waals surface area (Å²) in [6.07, 6.45) is -1.72. The second-order valence-electron chi connectivity index (χ2n) is 16.6. The van der Waals surface area contributed by atoms with E-state index in [-0.39, 0.29) is 78.8 Å². The van der Waals surface area contributed by atoms with Crippen molar-refractivity contribution >= 4 is 81.6 Å². The van der Waals surface area contributed by atoms with Gasteiger partial charge in [0, 0.05) is 63.2 Å². The van der Waals surface area contributed by atoms with Crippen molar-refractivity contribution in [2.45, 2.75) is 95.7 Å². The first kappa shape index (κ1) is 45.7. The number of amides is 5. The zero-order valence-electron chi connectivity index (χ0n) is 34.6. The summed E-state index contributed by atoms with van der Waals surface area (Å²) in [5.41, 5.74) is -1.48. The summed E-state index contributed by atoms with van der Waals surface area (Å²) in [5, 5.41) is 20.0. The Morgan fingerprint density at radius 1 is 1.08 bits per heavy atom. The predicted octanol–water partition coefficient (Wildman–Crippen LogP) is 5.41. The zero-order valence-corrected chi connectivity index (χ0v) is 36.3. The molecular formula is C41H50ClF3N10O5S. The molecule has 4 fully saturated rings. The highest BCUT2D eigenvalue weighted by Crippen LogP contribution is 2.41. The number of anilines is 3. The number of nitrogens with one attached hydrogen (secondary N) is 2. The Kier molecular flexibility index (Phi) is 13.4. The van der Waals surface area contributed by atoms with E-state index in [1.54, 1.807) is 43.8 Å². The summed E-state index contributed by atoms with van der Waals surface area (Å²) < 4.78 is 49.2. The van der Waals surface area contributed by atoms with Gasteiger partial charge in [-0.3, -0.25) is 44.0 Å². The molecule has 2 N–H and O–H groups in total. The monoisotopic (exact) mass is 886 g/mol. The number of alkyl halides is 3. The number of aromatic nitrogens is 2. The minimum absolute atomic E-state index is 0. The first-order valence-electron chi connectivity index (χ1n) is 20.1. The number of fused-ring (bicyclic) bond motifs is 1. The Bertz CT molecular complexity index is 2250. The molecule has 328 valence electrons. The van der Waals surface area contributed by atoms with Gasteiger partial charge in [0.15, 0.2) is 10.9 Å². The number of imide groups is 1. The Morgan fingerprint density at radius 2 is 1.77 bits per heavy atom. The Hall–Kier alpha value is -4.87. The van der Waals surface area contributed by atoms with Crippen LogP contribution in [0.5, 0.6) is 0 Å². The van der Waals surface area contributed by atoms with Gasteiger partial charge < -0.3 is 15.0 Å². The molecule has 20 heteroatoms. The number of nitrogens with zero attached hydrogens (tertiary/aromatic N) is 8. The van der Waals surface area contributed by atoms with Crippen molar-refractivity contribution in [1.29, 1.82) is 5.26 Å². The molecule has 1 aliphatic carbocycles. The number of carbonyl (C=O) groups excluding carboxylic acids is 4. The molecule has 3 aliphatic heterocycles. The first-order valence-corrected chi connectivity index (χ1v) is 20.6. The molecule has 3 saturated heterocycles. The Labute approximate surface area is 363 Å². The van der Waals surface area contributed by atoms with Crippen LogP contribution in [0.1, 0.15) is 70.9 Å². The second kappa shape index (κ2) is 17.8. The fraction of sp³-hybridized carbons (Fsp3) is 0.537. The van der Waals surface area contributed by atoms with Crippen molar-refractivity contribution in [3.63, 3.8) is 0 Å². The molecule has 0 unspecified atom stereocenters. The van der Waals surface area contributed by atoms with Crippen LogP contribution in [0.2, 0.25) is 0 Å². The van der Waals surface area contributed by atoms with Crippen LogP contribution in [0.3, 0.4) is 0 Å². The van der Waals surface area contributed by atoms with Crippen LogP contribution in [0, 0.1) is 11.3 Å². The minimum atomic E-state index is -4.77. The van der Waals surface area contributed by atoms with Gasteiger partial charge in [-0.2, -0.15) is 23.5 Å². The third-order valence-electron chi connectivity index (χ3n) is 12.1. The van der Waals surface area contributed by atoms with Crippen LogP contribution in [-0.4, -0.2) is 122 Å². The normalized spacial score (nSPS) is 23.9. The van der Waals surface area contributed by atoms with E-state index in [1.807, 2.05) is 11.0 Å². The summed E-state index contributed by atoms with van der Waals surface area (Å²) in [7, 11) is 1.75. The lowest BCUT2D eigenvalue weighted by Crippen LogP contribution is -2.58. The molecule has 15 nitrogen and oxygen atoms in total. The van der Waals surface area contributed by atoms with E-state index in [2.05, 4.69) is 39.4 Å². The number of benzene rings is 2. The second-order valence-corrected chi connectivity index (χ2v) is 16.9. The van der Waals surface area contributed by atoms with Crippen LogP contribution in [0.15, 0.2) is 36.4 Å². The highest BCUT2D eigenvalue weighted by atomic mass is 35.5. The maximum atomic E-state index is 13.8. The van der Waals surface area contributed by atoms with E-state index in [4.69, 9.17) is 17.0 Å². The summed E-state index contributed by atoms with van der Waals surface area (Å²) in [6.45, 7) is 10.8. The van der Waals surface area contributed by atoms with Crippen LogP contribution in [0.25, 0.3) is 10.9 Å². The molecule has 7 rings (SSSR count). The van der Waals surface area contributed by atoms with Crippen molar-refractivity contribution in [2.75, 3.05) is 54.4 Å². The van der Waals surface area contributed by atoms with Gasteiger partial charge in [0.1, 0.15) is 5.54 Å².